The van der Waals surface area contributed by atoms with Crippen LogP contribution in [0.2, 0.25) is 0 Å². The van der Waals surface area contributed by atoms with E-state index in [0.717, 1.165) is 7.11 Å². The maximum Gasteiger partial charge on any atom is 0.404 e. The average Bonchev–Trinajstić information content (AvgIpc) is 2.16. The van der Waals surface area contributed by atoms with Gasteiger partial charge in [-0.25, -0.2) is 0 Å². The molecule has 15 heavy (non-hydrogen) atoms. The van der Waals surface area contributed by atoms with E-state index >= 15 is 0 Å². The molecule has 0 heterocycles. The molecule has 2 atom stereocenters. The Balaban J connectivity index is 4.55. The number of alkyl halides is 3. The van der Waals surface area contributed by atoms with Gasteiger partial charge >= 0.3 is 12.1 Å². The fraction of sp³-hybridized carbons (Fsp3) is 0.889. The molecule has 2 N–H and O–H groups in total. The molecule has 0 aromatic rings. The van der Waals surface area contributed by atoms with Crippen LogP contribution in [-0.4, -0.2) is 25.3 Å². The summed E-state index contributed by atoms with van der Waals surface area (Å²) in [7, 11) is 1.06. The fourth-order valence-corrected chi connectivity index (χ4v) is 1.25. The second-order valence-corrected chi connectivity index (χ2v) is 3.34. The first-order chi connectivity index (χ1) is 6.84. The van der Waals surface area contributed by atoms with Gasteiger partial charge in [0.25, 0.3) is 0 Å². The number of nitrogens with two attached hydrogens (primary N) is 1. The summed E-state index contributed by atoms with van der Waals surface area (Å²) in [5.41, 5.74) is 4.99. The molecule has 0 amide bonds. The number of esters is 1. The fourth-order valence-electron chi connectivity index (χ4n) is 1.25. The van der Waals surface area contributed by atoms with Crippen LogP contribution in [0.5, 0.6) is 0 Å². The largest absolute Gasteiger partial charge is 0.469 e. The van der Waals surface area contributed by atoms with Crippen LogP contribution in [0.3, 0.4) is 0 Å². The molecule has 0 aliphatic heterocycles. The summed E-state index contributed by atoms with van der Waals surface area (Å²) in [6.07, 6.45) is -3.24. The highest BCUT2D eigenvalue weighted by molar-refractivity contribution is 5.73. The minimum absolute atomic E-state index is 0.101. The third kappa shape index (κ3) is 4.51. The molecule has 90 valence electrons. The molecular formula is C9H16F3NO2. The van der Waals surface area contributed by atoms with E-state index in [4.69, 9.17) is 5.73 Å². The molecule has 6 heteroatoms. The van der Waals surface area contributed by atoms with Gasteiger partial charge in [0, 0.05) is 0 Å². The van der Waals surface area contributed by atoms with Gasteiger partial charge in [-0.15, -0.1) is 0 Å². The van der Waals surface area contributed by atoms with Gasteiger partial charge in [-0.3, -0.25) is 4.79 Å². The van der Waals surface area contributed by atoms with E-state index in [9.17, 15) is 18.0 Å². The number of halogens is 3. The van der Waals surface area contributed by atoms with Gasteiger partial charge in [0.15, 0.2) is 0 Å². The van der Waals surface area contributed by atoms with Crippen molar-refractivity contribution in [3.63, 3.8) is 0 Å². The number of unbranched alkanes of at least 4 members (excludes halogenated alkanes) is 1. The lowest BCUT2D eigenvalue weighted by molar-refractivity contribution is -0.175. The van der Waals surface area contributed by atoms with E-state index in [1.807, 2.05) is 6.92 Å². The molecule has 0 aromatic heterocycles. The quantitative estimate of drug-likeness (QED) is 0.729. The Morgan fingerprint density at radius 3 is 2.33 bits per heavy atom. The van der Waals surface area contributed by atoms with Gasteiger partial charge in [0.05, 0.1) is 13.0 Å². The Bertz CT molecular complexity index is 206. The lowest BCUT2D eigenvalue weighted by Crippen LogP contribution is -2.47. The second kappa shape index (κ2) is 5.95. The van der Waals surface area contributed by atoms with E-state index in [1.54, 1.807) is 0 Å². The number of carbonyl (C=O) groups is 1. The Hall–Kier alpha value is -0.780. The standard InChI is InChI=1S/C9H16F3NO2/c1-3-4-5-6(8(14)15-2)7(13)9(10,11)12/h6-7H,3-5,13H2,1-2H3/t6-,7-/m0/s1. The maximum absolute atomic E-state index is 12.3. The number of methoxy groups -OCH3 is 1. The summed E-state index contributed by atoms with van der Waals surface area (Å²) in [4.78, 5) is 11.1. The van der Waals surface area contributed by atoms with Crippen LogP contribution in [0.1, 0.15) is 26.2 Å². The van der Waals surface area contributed by atoms with Gasteiger partial charge < -0.3 is 10.5 Å². The third-order valence-corrected chi connectivity index (χ3v) is 2.18. The van der Waals surface area contributed by atoms with Crippen LogP contribution in [0.15, 0.2) is 0 Å². The molecule has 3 nitrogen and oxygen atoms in total. The van der Waals surface area contributed by atoms with E-state index in [2.05, 4.69) is 4.74 Å². The molecule has 0 aromatic carbocycles. The van der Waals surface area contributed by atoms with Gasteiger partial charge in [-0.05, 0) is 6.42 Å². The number of hydrogen-bond donors (Lipinski definition) is 1. The van der Waals surface area contributed by atoms with Crippen molar-refractivity contribution in [3.05, 3.63) is 0 Å². The zero-order chi connectivity index (χ0) is 12.1. The number of ether oxygens (including phenoxy) is 1. The van der Waals surface area contributed by atoms with Crippen molar-refractivity contribution in [2.45, 2.75) is 38.4 Å². The molecule has 0 fully saturated rings. The predicted molar refractivity (Wildman–Crippen MR) is 49.1 cm³/mol. The molecule has 0 saturated carbocycles. The van der Waals surface area contributed by atoms with Crippen molar-refractivity contribution in [2.75, 3.05) is 7.11 Å². The Morgan fingerprint density at radius 1 is 1.47 bits per heavy atom. The Morgan fingerprint density at radius 2 is 2.00 bits per heavy atom. The molecule has 0 radical (unpaired) electrons. The van der Waals surface area contributed by atoms with Crippen LogP contribution < -0.4 is 5.73 Å². The third-order valence-electron chi connectivity index (χ3n) is 2.18. The van der Waals surface area contributed by atoms with E-state index < -0.39 is 24.1 Å². The van der Waals surface area contributed by atoms with Crippen LogP contribution in [0, 0.1) is 5.92 Å². The minimum Gasteiger partial charge on any atom is -0.469 e. The Labute approximate surface area is 86.8 Å². The summed E-state index contributed by atoms with van der Waals surface area (Å²) in [6, 6.07) is -2.14. The molecule has 0 rings (SSSR count). The average molecular weight is 227 g/mol. The van der Waals surface area contributed by atoms with Crippen molar-refractivity contribution in [3.8, 4) is 0 Å². The molecule has 0 unspecified atom stereocenters. The normalized spacial score (nSPS) is 15.9. The lowest BCUT2D eigenvalue weighted by atomic mass is 9.94. The first-order valence-electron chi connectivity index (χ1n) is 4.74. The monoisotopic (exact) mass is 227 g/mol. The van der Waals surface area contributed by atoms with Crippen LogP contribution in [0.4, 0.5) is 13.2 Å². The summed E-state index contributed by atoms with van der Waals surface area (Å²) < 4.78 is 41.2. The number of hydrogen-bond acceptors (Lipinski definition) is 3. The molecule has 0 saturated heterocycles. The van der Waals surface area contributed by atoms with Crippen molar-refractivity contribution < 1.29 is 22.7 Å². The minimum atomic E-state index is -4.56. The SMILES string of the molecule is CCCC[C@H](C(=O)OC)[C@H](N)C(F)(F)F. The zero-order valence-corrected chi connectivity index (χ0v) is 8.80. The molecule has 0 spiro atoms. The van der Waals surface area contributed by atoms with Crippen molar-refractivity contribution in [1.82, 2.24) is 0 Å². The van der Waals surface area contributed by atoms with E-state index in [-0.39, 0.29) is 6.42 Å². The summed E-state index contributed by atoms with van der Waals surface area (Å²) in [5.74, 6) is -2.19. The second-order valence-electron chi connectivity index (χ2n) is 3.34. The highest BCUT2D eigenvalue weighted by Crippen LogP contribution is 2.27. The van der Waals surface area contributed by atoms with E-state index in [0.29, 0.717) is 12.8 Å². The highest BCUT2D eigenvalue weighted by Gasteiger charge is 2.44. The van der Waals surface area contributed by atoms with Crippen LogP contribution >= 0.6 is 0 Å². The van der Waals surface area contributed by atoms with Crippen molar-refractivity contribution in [1.29, 1.82) is 0 Å². The van der Waals surface area contributed by atoms with Crippen LogP contribution in [0.25, 0.3) is 0 Å². The summed E-state index contributed by atoms with van der Waals surface area (Å²) >= 11 is 0. The smallest absolute Gasteiger partial charge is 0.404 e. The van der Waals surface area contributed by atoms with Gasteiger partial charge in [-0.2, -0.15) is 13.2 Å². The summed E-state index contributed by atoms with van der Waals surface area (Å²) in [6.45, 7) is 1.83. The van der Waals surface area contributed by atoms with Gasteiger partial charge in [0.2, 0.25) is 0 Å². The van der Waals surface area contributed by atoms with Crippen molar-refractivity contribution >= 4 is 5.97 Å². The topological polar surface area (TPSA) is 52.3 Å². The Kier molecular flexibility index (Phi) is 5.64. The van der Waals surface area contributed by atoms with Gasteiger partial charge in [-0.1, -0.05) is 19.8 Å². The highest BCUT2D eigenvalue weighted by atomic mass is 19.4. The number of carbonyl (C=O) groups excluding carboxylic acids is 1. The lowest BCUT2D eigenvalue weighted by Gasteiger charge is -2.23. The summed E-state index contributed by atoms with van der Waals surface area (Å²) in [5, 5.41) is 0. The first kappa shape index (κ1) is 14.2. The molecular weight excluding hydrogens is 211 g/mol. The van der Waals surface area contributed by atoms with Crippen LogP contribution in [-0.2, 0) is 9.53 Å². The first-order valence-corrected chi connectivity index (χ1v) is 4.74. The van der Waals surface area contributed by atoms with Crippen molar-refractivity contribution in [2.24, 2.45) is 11.7 Å². The molecule has 0 aliphatic rings. The zero-order valence-electron chi connectivity index (χ0n) is 8.80. The maximum atomic E-state index is 12.3. The number of rotatable bonds is 5. The van der Waals surface area contributed by atoms with Gasteiger partial charge in [0.1, 0.15) is 6.04 Å². The van der Waals surface area contributed by atoms with E-state index in [1.165, 1.54) is 0 Å². The molecule has 0 aliphatic carbocycles. The molecule has 0 bridgehead atoms. The predicted octanol–water partition coefficient (Wildman–Crippen LogP) is 1.86.